The average molecular weight is 455 g/mol. The lowest BCUT2D eigenvalue weighted by Crippen LogP contribution is -2.36. The van der Waals surface area contributed by atoms with Gasteiger partial charge in [0.15, 0.2) is 0 Å². The number of rotatable bonds is 4. The third-order valence-electron chi connectivity index (χ3n) is 5.54. The third-order valence-corrected chi connectivity index (χ3v) is 5.87. The summed E-state index contributed by atoms with van der Waals surface area (Å²) in [5.41, 5.74) is 0.916. The van der Waals surface area contributed by atoms with E-state index in [1.165, 1.54) is 16.8 Å². The molecule has 9 heteroatoms. The number of carbonyl (C=O) groups is 2. The monoisotopic (exact) mass is 454 g/mol. The van der Waals surface area contributed by atoms with Crippen molar-refractivity contribution in [3.63, 3.8) is 0 Å². The van der Waals surface area contributed by atoms with Crippen LogP contribution < -0.4 is 10.9 Å². The van der Waals surface area contributed by atoms with Crippen molar-refractivity contribution >= 4 is 29.1 Å². The Hall–Kier alpha value is -3.39. The second-order valence-electron chi connectivity index (χ2n) is 7.81. The average Bonchev–Trinajstić information content (AvgIpc) is 3.18. The maximum Gasteiger partial charge on any atom is 0.274 e. The molecule has 8 nitrogen and oxygen atoms in total. The first-order valence-corrected chi connectivity index (χ1v) is 10.8. The Labute approximate surface area is 189 Å². The molecule has 1 aliphatic heterocycles. The van der Waals surface area contributed by atoms with Gasteiger partial charge in [-0.25, -0.2) is 0 Å². The van der Waals surface area contributed by atoms with Gasteiger partial charge in [0.05, 0.1) is 10.6 Å². The van der Waals surface area contributed by atoms with Crippen molar-refractivity contribution < 1.29 is 14.1 Å². The third kappa shape index (κ3) is 4.18. The standard InChI is InChI=1S/C23H23ClN4O4/c1-14-19(20(26-32-14)16-8-4-5-9-17(16)24)21(29)25-18-12-15(13-27(2)23(18)31)22(30)28-10-6-3-7-11-28/h4-5,8-9,12-13H,3,6-7,10-11H2,1-2H3,(H,25,29). The van der Waals surface area contributed by atoms with E-state index in [1.807, 2.05) is 0 Å². The number of nitrogens with zero attached hydrogens (tertiary/aromatic N) is 3. The number of likely N-dealkylation sites (tertiary alicyclic amines) is 1. The number of amides is 2. The minimum atomic E-state index is -0.571. The first kappa shape index (κ1) is 21.8. The molecule has 2 amide bonds. The number of anilines is 1. The first-order chi connectivity index (χ1) is 15.4. The fraction of sp³-hybridized carbons (Fsp3) is 0.304. The van der Waals surface area contributed by atoms with E-state index in [-0.39, 0.29) is 28.6 Å². The normalized spacial score (nSPS) is 13.8. The Balaban J connectivity index is 1.67. The van der Waals surface area contributed by atoms with E-state index in [9.17, 15) is 14.4 Å². The smallest absolute Gasteiger partial charge is 0.274 e. The summed E-state index contributed by atoms with van der Waals surface area (Å²) in [5.74, 6) is -0.443. The molecule has 0 saturated carbocycles. The highest BCUT2D eigenvalue weighted by atomic mass is 35.5. The van der Waals surface area contributed by atoms with Gasteiger partial charge in [-0.1, -0.05) is 35.0 Å². The zero-order chi connectivity index (χ0) is 22.8. The molecule has 1 aliphatic rings. The summed E-state index contributed by atoms with van der Waals surface area (Å²) in [7, 11) is 1.55. The van der Waals surface area contributed by atoms with Crippen LogP contribution in [0.2, 0.25) is 5.02 Å². The number of hydrogen-bond donors (Lipinski definition) is 1. The topological polar surface area (TPSA) is 97.4 Å². The van der Waals surface area contributed by atoms with E-state index in [0.717, 1.165) is 19.3 Å². The zero-order valence-corrected chi connectivity index (χ0v) is 18.6. The van der Waals surface area contributed by atoms with Gasteiger partial charge in [0, 0.05) is 31.9 Å². The van der Waals surface area contributed by atoms with Gasteiger partial charge in [-0.05, 0) is 38.3 Å². The molecule has 166 valence electrons. The molecule has 4 rings (SSSR count). The van der Waals surface area contributed by atoms with Gasteiger partial charge in [-0.2, -0.15) is 0 Å². The summed E-state index contributed by atoms with van der Waals surface area (Å²) in [5, 5.41) is 7.04. The molecule has 1 saturated heterocycles. The highest BCUT2D eigenvalue weighted by Crippen LogP contribution is 2.31. The van der Waals surface area contributed by atoms with Crippen molar-refractivity contribution in [1.29, 1.82) is 0 Å². The number of benzene rings is 1. The van der Waals surface area contributed by atoms with Gasteiger partial charge in [-0.15, -0.1) is 0 Å². The molecule has 3 aromatic rings. The lowest BCUT2D eigenvalue weighted by atomic mass is 10.1. The van der Waals surface area contributed by atoms with Gasteiger partial charge in [-0.3, -0.25) is 14.4 Å². The van der Waals surface area contributed by atoms with Gasteiger partial charge in [0.25, 0.3) is 17.4 Å². The predicted molar refractivity (Wildman–Crippen MR) is 121 cm³/mol. The summed E-state index contributed by atoms with van der Waals surface area (Å²) in [6, 6.07) is 8.39. The quantitative estimate of drug-likeness (QED) is 0.645. The molecule has 3 heterocycles. The molecule has 1 aromatic carbocycles. The Morgan fingerprint density at radius 1 is 1.16 bits per heavy atom. The first-order valence-electron chi connectivity index (χ1n) is 10.4. The van der Waals surface area contributed by atoms with E-state index in [1.54, 1.807) is 43.1 Å². The fourth-order valence-electron chi connectivity index (χ4n) is 3.86. The minimum absolute atomic E-state index is 0.00562. The molecular weight excluding hydrogens is 432 g/mol. The molecule has 0 spiro atoms. The van der Waals surface area contributed by atoms with Crippen molar-refractivity contribution in [2.75, 3.05) is 18.4 Å². The largest absolute Gasteiger partial charge is 0.360 e. The zero-order valence-electron chi connectivity index (χ0n) is 17.9. The lowest BCUT2D eigenvalue weighted by Gasteiger charge is -2.27. The Morgan fingerprint density at radius 3 is 2.59 bits per heavy atom. The number of piperidine rings is 1. The molecule has 1 N–H and O–H groups in total. The number of halogens is 1. The van der Waals surface area contributed by atoms with Gasteiger partial charge in [0.2, 0.25) is 0 Å². The van der Waals surface area contributed by atoms with Crippen molar-refractivity contribution in [1.82, 2.24) is 14.6 Å². The van der Waals surface area contributed by atoms with E-state index in [0.29, 0.717) is 29.2 Å². The SMILES string of the molecule is Cc1onc(-c2ccccc2Cl)c1C(=O)Nc1cc(C(=O)N2CCCCC2)cn(C)c1=O. The van der Waals surface area contributed by atoms with E-state index >= 15 is 0 Å². The number of aromatic nitrogens is 2. The summed E-state index contributed by atoms with van der Waals surface area (Å²) in [6.45, 7) is 2.98. The predicted octanol–water partition coefficient (Wildman–Crippen LogP) is 3.88. The summed E-state index contributed by atoms with van der Waals surface area (Å²) >= 11 is 6.27. The molecule has 0 bridgehead atoms. The van der Waals surface area contributed by atoms with E-state index in [4.69, 9.17) is 16.1 Å². The highest BCUT2D eigenvalue weighted by Gasteiger charge is 2.25. The van der Waals surface area contributed by atoms with Crippen molar-refractivity contribution in [3.8, 4) is 11.3 Å². The molecule has 1 fully saturated rings. The lowest BCUT2D eigenvalue weighted by molar-refractivity contribution is 0.0723. The second-order valence-corrected chi connectivity index (χ2v) is 8.21. The van der Waals surface area contributed by atoms with Crippen LogP contribution in [0.1, 0.15) is 45.7 Å². The molecular formula is C23H23ClN4O4. The van der Waals surface area contributed by atoms with Crippen LogP contribution in [0.25, 0.3) is 11.3 Å². The summed E-state index contributed by atoms with van der Waals surface area (Å²) in [4.78, 5) is 40.5. The van der Waals surface area contributed by atoms with Crippen LogP contribution in [-0.4, -0.2) is 39.5 Å². The van der Waals surface area contributed by atoms with Crippen LogP contribution in [0, 0.1) is 6.92 Å². The van der Waals surface area contributed by atoms with Gasteiger partial charge >= 0.3 is 0 Å². The van der Waals surface area contributed by atoms with Crippen molar-refractivity contribution in [3.05, 3.63) is 68.8 Å². The number of hydrogen-bond acceptors (Lipinski definition) is 5. The van der Waals surface area contributed by atoms with Crippen LogP contribution in [0.15, 0.2) is 45.8 Å². The fourth-order valence-corrected chi connectivity index (χ4v) is 4.08. The summed E-state index contributed by atoms with van der Waals surface area (Å²) in [6.07, 6.45) is 4.51. The Kier molecular flexibility index (Phi) is 6.14. The maximum absolute atomic E-state index is 13.2. The van der Waals surface area contributed by atoms with Crippen molar-refractivity contribution in [2.24, 2.45) is 7.05 Å². The van der Waals surface area contributed by atoms with Crippen LogP contribution >= 0.6 is 11.6 Å². The molecule has 0 radical (unpaired) electrons. The molecule has 32 heavy (non-hydrogen) atoms. The van der Waals surface area contributed by atoms with Crippen LogP contribution in [-0.2, 0) is 7.05 Å². The molecule has 0 aliphatic carbocycles. The van der Waals surface area contributed by atoms with Crippen LogP contribution in [0.3, 0.4) is 0 Å². The number of carbonyl (C=O) groups excluding carboxylic acids is 2. The number of pyridine rings is 1. The Bertz CT molecular complexity index is 1240. The van der Waals surface area contributed by atoms with E-state index < -0.39 is 11.5 Å². The second kappa shape index (κ2) is 9.00. The molecule has 0 atom stereocenters. The van der Waals surface area contributed by atoms with E-state index in [2.05, 4.69) is 10.5 Å². The summed E-state index contributed by atoms with van der Waals surface area (Å²) < 4.78 is 6.54. The maximum atomic E-state index is 13.2. The van der Waals surface area contributed by atoms with Crippen LogP contribution in [0.4, 0.5) is 5.69 Å². The number of nitrogens with one attached hydrogen (secondary N) is 1. The Morgan fingerprint density at radius 2 is 1.88 bits per heavy atom. The highest BCUT2D eigenvalue weighted by molar-refractivity contribution is 6.33. The number of aryl methyl sites for hydroxylation is 2. The minimum Gasteiger partial charge on any atom is -0.360 e. The van der Waals surface area contributed by atoms with Crippen molar-refractivity contribution in [2.45, 2.75) is 26.2 Å². The van der Waals surface area contributed by atoms with Crippen LogP contribution in [0.5, 0.6) is 0 Å². The van der Waals surface area contributed by atoms with Gasteiger partial charge < -0.3 is 19.3 Å². The van der Waals surface area contributed by atoms with Gasteiger partial charge in [0.1, 0.15) is 22.7 Å². The molecule has 0 unspecified atom stereocenters. The molecule has 2 aromatic heterocycles.